The number of aromatic nitrogens is 2. The Morgan fingerprint density at radius 2 is 1.83 bits per heavy atom. The largest absolute Gasteiger partial charge is 0.504 e. The van der Waals surface area contributed by atoms with Gasteiger partial charge < -0.3 is 10.2 Å². The van der Waals surface area contributed by atoms with Gasteiger partial charge in [-0.2, -0.15) is 0 Å². The van der Waals surface area contributed by atoms with Crippen LogP contribution in [0.3, 0.4) is 0 Å². The SMILES string of the molecule is O=[N+]([O-])c1cc(-c2csc(-c3c(Cl)cncc3Cl)n2)cc(O)c1O. The summed E-state index contributed by atoms with van der Waals surface area (Å²) in [7, 11) is 0. The van der Waals surface area contributed by atoms with Crippen molar-refractivity contribution in [3.63, 3.8) is 0 Å². The van der Waals surface area contributed by atoms with Crippen molar-refractivity contribution in [2.45, 2.75) is 0 Å². The van der Waals surface area contributed by atoms with E-state index in [1.807, 2.05) is 0 Å². The number of benzene rings is 1. The first-order valence-corrected chi connectivity index (χ1v) is 7.97. The Kier molecular flexibility index (Phi) is 4.27. The second-order valence-electron chi connectivity index (χ2n) is 4.64. The Morgan fingerprint density at radius 1 is 1.17 bits per heavy atom. The lowest BCUT2D eigenvalue weighted by molar-refractivity contribution is -0.385. The molecule has 10 heteroatoms. The van der Waals surface area contributed by atoms with Gasteiger partial charge >= 0.3 is 5.69 Å². The zero-order valence-electron chi connectivity index (χ0n) is 11.6. The summed E-state index contributed by atoms with van der Waals surface area (Å²) in [5.41, 5.74) is 0.541. The summed E-state index contributed by atoms with van der Waals surface area (Å²) in [6, 6.07) is 2.32. The summed E-state index contributed by atoms with van der Waals surface area (Å²) < 4.78 is 0. The van der Waals surface area contributed by atoms with Gasteiger partial charge in [0.25, 0.3) is 0 Å². The maximum Gasteiger partial charge on any atom is 0.315 e. The average Bonchev–Trinajstić information content (AvgIpc) is 2.99. The number of nitro groups is 1. The molecule has 0 atom stereocenters. The fraction of sp³-hybridized carbons (Fsp3) is 0. The molecule has 0 fully saturated rings. The van der Waals surface area contributed by atoms with Crippen LogP contribution in [0, 0.1) is 10.1 Å². The zero-order chi connectivity index (χ0) is 17.4. The van der Waals surface area contributed by atoms with E-state index in [0.717, 1.165) is 6.07 Å². The highest BCUT2D eigenvalue weighted by Gasteiger charge is 2.21. The third-order valence-corrected chi connectivity index (χ3v) is 4.57. The number of nitro benzene ring substituents is 1. The van der Waals surface area contributed by atoms with Crippen LogP contribution in [0.25, 0.3) is 21.8 Å². The minimum atomic E-state index is -0.792. The molecule has 2 aromatic heterocycles. The number of phenolic OH excluding ortho intramolecular Hbond substituents is 2. The van der Waals surface area contributed by atoms with Crippen molar-refractivity contribution in [2.24, 2.45) is 0 Å². The molecular weight excluding hydrogens is 377 g/mol. The molecule has 0 aliphatic carbocycles. The molecule has 0 radical (unpaired) electrons. The van der Waals surface area contributed by atoms with Crippen LogP contribution in [0.2, 0.25) is 10.0 Å². The van der Waals surface area contributed by atoms with Gasteiger partial charge in [0.2, 0.25) is 5.75 Å². The highest BCUT2D eigenvalue weighted by molar-refractivity contribution is 7.13. The summed E-state index contributed by atoms with van der Waals surface area (Å²) in [5, 5.41) is 32.9. The van der Waals surface area contributed by atoms with Crippen LogP contribution in [0.1, 0.15) is 0 Å². The standard InChI is InChI=1S/C14H7Cl2N3O4S/c15-7-3-17-4-8(16)12(7)14-18-9(5-24-14)6-1-10(19(22)23)13(21)11(20)2-6/h1-5,20-21H. The average molecular weight is 384 g/mol. The molecule has 0 saturated heterocycles. The van der Waals surface area contributed by atoms with Crippen LogP contribution >= 0.6 is 34.5 Å². The molecule has 0 unspecified atom stereocenters. The van der Waals surface area contributed by atoms with Crippen molar-refractivity contribution >= 4 is 40.2 Å². The molecule has 3 aromatic rings. The predicted octanol–water partition coefficient (Wildman–Crippen LogP) is 4.50. The highest BCUT2D eigenvalue weighted by atomic mass is 35.5. The van der Waals surface area contributed by atoms with Crippen LogP contribution in [0.5, 0.6) is 11.5 Å². The molecule has 122 valence electrons. The van der Waals surface area contributed by atoms with Crippen LogP contribution in [-0.4, -0.2) is 25.1 Å². The summed E-state index contributed by atoms with van der Waals surface area (Å²) >= 11 is 13.4. The summed E-state index contributed by atoms with van der Waals surface area (Å²) in [4.78, 5) is 18.4. The molecule has 0 aliphatic heterocycles. The summed E-state index contributed by atoms with van der Waals surface area (Å²) in [5.74, 6) is -1.40. The van der Waals surface area contributed by atoms with Crippen molar-refractivity contribution in [1.82, 2.24) is 9.97 Å². The molecule has 2 N–H and O–H groups in total. The molecule has 1 aromatic carbocycles. The van der Waals surface area contributed by atoms with Crippen molar-refractivity contribution in [2.75, 3.05) is 0 Å². The molecule has 0 spiro atoms. The quantitative estimate of drug-likeness (QED) is 0.391. The van der Waals surface area contributed by atoms with Crippen molar-refractivity contribution in [3.05, 3.63) is 50.1 Å². The third kappa shape index (κ3) is 2.86. The maximum atomic E-state index is 10.9. The number of halogens is 2. The van der Waals surface area contributed by atoms with Crippen LogP contribution in [-0.2, 0) is 0 Å². The Labute approximate surface area is 148 Å². The lowest BCUT2D eigenvalue weighted by Gasteiger charge is -2.03. The van der Waals surface area contributed by atoms with Gasteiger partial charge in [0.1, 0.15) is 5.01 Å². The Morgan fingerprint density at radius 3 is 2.46 bits per heavy atom. The Hall–Kier alpha value is -2.42. The van der Waals surface area contributed by atoms with E-state index in [9.17, 15) is 20.3 Å². The second kappa shape index (κ2) is 6.23. The van der Waals surface area contributed by atoms with Crippen molar-refractivity contribution in [1.29, 1.82) is 0 Å². The number of thiazole rings is 1. The minimum absolute atomic E-state index is 0.279. The lowest BCUT2D eigenvalue weighted by atomic mass is 10.1. The fourth-order valence-electron chi connectivity index (χ4n) is 2.03. The highest BCUT2D eigenvalue weighted by Crippen LogP contribution is 2.41. The van der Waals surface area contributed by atoms with Crippen molar-refractivity contribution in [3.8, 4) is 33.3 Å². The van der Waals surface area contributed by atoms with E-state index in [1.54, 1.807) is 5.38 Å². The number of hydrogen-bond acceptors (Lipinski definition) is 7. The van der Waals surface area contributed by atoms with Gasteiger partial charge in [-0.15, -0.1) is 11.3 Å². The number of nitrogens with zero attached hydrogens (tertiary/aromatic N) is 3. The van der Waals surface area contributed by atoms with Gasteiger partial charge in [-0.25, -0.2) is 4.98 Å². The first kappa shape index (κ1) is 16.4. The molecule has 0 bridgehead atoms. The van der Waals surface area contributed by atoms with Gasteiger partial charge in [0.15, 0.2) is 5.75 Å². The van der Waals surface area contributed by atoms with E-state index < -0.39 is 22.1 Å². The van der Waals surface area contributed by atoms with Crippen LogP contribution in [0.4, 0.5) is 5.69 Å². The maximum absolute atomic E-state index is 10.9. The van der Waals surface area contributed by atoms with Gasteiger partial charge in [0.05, 0.1) is 26.2 Å². The monoisotopic (exact) mass is 383 g/mol. The summed E-state index contributed by atoms with van der Waals surface area (Å²) in [6.45, 7) is 0. The van der Waals surface area contributed by atoms with Gasteiger partial charge in [-0.1, -0.05) is 23.2 Å². The predicted molar refractivity (Wildman–Crippen MR) is 90.8 cm³/mol. The molecule has 0 saturated carbocycles. The van der Waals surface area contributed by atoms with E-state index >= 15 is 0 Å². The number of hydrogen-bond donors (Lipinski definition) is 2. The normalized spacial score (nSPS) is 10.8. The fourth-order valence-corrected chi connectivity index (χ4v) is 3.58. The number of phenols is 2. The van der Waals surface area contributed by atoms with E-state index in [0.29, 0.717) is 26.3 Å². The molecule has 24 heavy (non-hydrogen) atoms. The second-order valence-corrected chi connectivity index (χ2v) is 6.31. The van der Waals surface area contributed by atoms with E-state index in [-0.39, 0.29) is 5.56 Å². The minimum Gasteiger partial charge on any atom is -0.504 e. The van der Waals surface area contributed by atoms with Crippen LogP contribution < -0.4 is 0 Å². The van der Waals surface area contributed by atoms with Crippen molar-refractivity contribution < 1.29 is 15.1 Å². The van der Waals surface area contributed by atoms with E-state index in [1.165, 1.54) is 29.8 Å². The molecule has 7 nitrogen and oxygen atoms in total. The van der Waals surface area contributed by atoms with Gasteiger partial charge in [-0.3, -0.25) is 15.1 Å². The van der Waals surface area contributed by atoms with E-state index in [2.05, 4.69) is 9.97 Å². The van der Waals surface area contributed by atoms with Gasteiger partial charge in [0, 0.05) is 29.4 Å². The molecule has 3 rings (SSSR count). The summed E-state index contributed by atoms with van der Waals surface area (Å²) in [6.07, 6.45) is 2.86. The number of aromatic hydroxyl groups is 2. The molecule has 0 amide bonds. The van der Waals surface area contributed by atoms with Gasteiger partial charge in [-0.05, 0) is 6.07 Å². The van der Waals surface area contributed by atoms with Crippen LogP contribution in [0.15, 0.2) is 29.9 Å². The topological polar surface area (TPSA) is 109 Å². The molecular formula is C14H7Cl2N3O4S. The number of rotatable bonds is 3. The molecule has 2 heterocycles. The molecule has 0 aliphatic rings. The smallest absolute Gasteiger partial charge is 0.315 e. The Bertz CT molecular complexity index is 941. The number of pyridine rings is 1. The Balaban J connectivity index is 2.11. The first-order valence-electron chi connectivity index (χ1n) is 6.34. The third-order valence-electron chi connectivity index (χ3n) is 3.13. The first-order chi connectivity index (χ1) is 11.4. The lowest BCUT2D eigenvalue weighted by Crippen LogP contribution is -1.90. The zero-order valence-corrected chi connectivity index (χ0v) is 13.9. The van der Waals surface area contributed by atoms with E-state index in [4.69, 9.17) is 23.2 Å².